The minimum Gasteiger partial charge on any atom is -0.388 e. The summed E-state index contributed by atoms with van der Waals surface area (Å²) < 4.78 is 14.6. The van der Waals surface area contributed by atoms with Gasteiger partial charge in [0.1, 0.15) is 17.0 Å². The second-order valence-electron chi connectivity index (χ2n) is 7.92. The van der Waals surface area contributed by atoms with Crippen LogP contribution >= 0.6 is 22.9 Å². The Morgan fingerprint density at radius 2 is 2.10 bits per heavy atom. The molecule has 0 amide bonds. The number of benzene rings is 1. The van der Waals surface area contributed by atoms with E-state index in [-0.39, 0.29) is 23.5 Å². The van der Waals surface area contributed by atoms with Crippen molar-refractivity contribution in [1.82, 2.24) is 19.4 Å². The second kappa shape index (κ2) is 8.62. The molecule has 1 aliphatic heterocycles. The average molecular weight is 466 g/mol. The molecule has 0 aliphatic carbocycles. The third-order valence-electron chi connectivity index (χ3n) is 5.28. The van der Waals surface area contributed by atoms with Crippen molar-refractivity contribution in [2.75, 3.05) is 13.1 Å². The summed E-state index contributed by atoms with van der Waals surface area (Å²) in [5.74, 6) is -0.610. The van der Waals surface area contributed by atoms with Gasteiger partial charge in [0, 0.05) is 36.5 Å². The summed E-state index contributed by atoms with van der Waals surface area (Å²) in [5.41, 5.74) is 0.872. The molecule has 2 aromatic heterocycles. The third-order valence-corrected chi connectivity index (χ3v) is 6.71. The van der Waals surface area contributed by atoms with Crippen LogP contribution in [0, 0.1) is 15.9 Å². The zero-order valence-electron chi connectivity index (χ0n) is 16.8. The molecule has 0 radical (unpaired) electrons. The van der Waals surface area contributed by atoms with E-state index in [1.165, 1.54) is 27.8 Å². The van der Waals surface area contributed by atoms with E-state index >= 15 is 0 Å². The number of aromatic nitrogens is 3. The van der Waals surface area contributed by atoms with Crippen LogP contribution in [0.15, 0.2) is 30.5 Å². The molecule has 31 heavy (non-hydrogen) atoms. The molecule has 1 unspecified atom stereocenters. The molecule has 0 saturated carbocycles. The van der Waals surface area contributed by atoms with Crippen LogP contribution in [0.4, 0.5) is 10.2 Å². The van der Waals surface area contributed by atoms with E-state index in [1.807, 2.05) is 0 Å². The Hall–Kier alpha value is -2.40. The first-order chi connectivity index (χ1) is 14.7. The Morgan fingerprint density at radius 3 is 2.77 bits per heavy atom. The van der Waals surface area contributed by atoms with Gasteiger partial charge in [-0.15, -0.1) is 11.3 Å². The van der Waals surface area contributed by atoms with E-state index in [0.29, 0.717) is 13.0 Å². The molecule has 1 aromatic carbocycles. The normalized spacial score (nSPS) is 16.1. The number of nitrogens with zero attached hydrogens (tertiary/aromatic N) is 5. The number of halogens is 2. The maximum Gasteiger partial charge on any atom is 0.383 e. The molecule has 3 heterocycles. The van der Waals surface area contributed by atoms with Crippen LogP contribution in [0.25, 0.3) is 10.6 Å². The Bertz CT molecular complexity index is 1100. The van der Waals surface area contributed by atoms with Gasteiger partial charge < -0.3 is 15.2 Å². The van der Waals surface area contributed by atoms with Crippen LogP contribution in [0.2, 0.25) is 5.28 Å². The molecule has 1 atom stereocenters. The number of aliphatic hydroxyl groups is 1. The van der Waals surface area contributed by atoms with Gasteiger partial charge in [0.25, 0.3) is 0 Å². The van der Waals surface area contributed by atoms with Crippen LogP contribution in [-0.4, -0.2) is 48.2 Å². The number of rotatable bonds is 7. The highest BCUT2D eigenvalue weighted by Gasteiger charge is 2.28. The van der Waals surface area contributed by atoms with Crippen molar-refractivity contribution in [2.45, 2.75) is 38.5 Å². The third kappa shape index (κ3) is 5.09. The summed E-state index contributed by atoms with van der Waals surface area (Å²) in [6.07, 6.45) is 2.52. The van der Waals surface area contributed by atoms with Crippen molar-refractivity contribution in [3.63, 3.8) is 0 Å². The van der Waals surface area contributed by atoms with E-state index in [4.69, 9.17) is 16.6 Å². The molecule has 1 N–H and O–H groups in total. The maximum atomic E-state index is 13.2. The SMILES string of the molecule is CC(O)(CCN1CCc2nc(-c3ccc(F)cc3)sc2C1)Cn1cc([N+](=O)[O-])nc1Cl. The topological polar surface area (TPSA) is 97.3 Å². The smallest absolute Gasteiger partial charge is 0.383 e. The van der Waals surface area contributed by atoms with Crippen molar-refractivity contribution in [1.29, 1.82) is 0 Å². The molecule has 164 valence electrons. The average Bonchev–Trinajstić information content (AvgIpc) is 3.30. The molecule has 0 fully saturated rings. The van der Waals surface area contributed by atoms with Crippen molar-refractivity contribution >= 4 is 28.8 Å². The van der Waals surface area contributed by atoms with E-state index in [9.17, 15) is 19.6 Å². The van der Waals surface area contributed by atoms with Gasteiger partial charge in [0.15, 0.2) is 0 Å². The fourth-order valence-electron chi connectivity index (χ4n) is 3.58. The molecule has 8 nitrogen and oxygen atoms in total. The first-order valence-corrected chi connectivity index (χ1v) is 11.0. The Balaban J connectivity index is 1.37. The van der Waals surface area contributed by atoms with Gasteiger partial charge in [-0.2, -0.15) is 0 Å². The number of fused-ring (bicyclic) bond motifs is 1. The van der Waals surface area contributed by atoms with Crippen molar-refractivity contribution in [3.8, 4) is 10.6 Å². The number of thiazole rings is 1. The zero-order chi connectivity index (χ0) is 22.2. The highest BCUT2D eigenvalue weighted by atomic mass is 35.5. The predicted molar refractivity (Wildman–Crippen MR) is 116 cm³/mol. The molecule has 3 aromatic rings. The van der Waals surface area contributed by atoms with Gasteiger partial charge >= 0.3 is 11.1 Å². The maximum absolute atomic E-state index is 13.2. The van der Waals surface area contributed by atoms with Gasteiger partial charge in [0.05, 0.1) is 17.8 Å². The van der Waals surface area contributed by atoms with Gasteiger partial charge in [-0.05, 0) is 59.1 Å². The second-order valence-corrected chi connectivity index (χ2v) is 9.34. The van der Waals surface area contributed by atoms with E-state index in [2.05, 4.69) is 9.88 Å². The minimum atomic E-state index is -1.11. The monoisotopic (exact) mass is 465 g/mol. The molecular formula is C20H21ClFN5O3S. The lowest BCUT2D eigenvalue weighted by molar-refractivity contribution is -0.389. The number of nitro groups is 1. The van der Waals surface area contributed by atoms with Crippen LogP contribution < -0.4 is 0 Å². The van der Waals surface area contributed by atoms with E-state index in [1.54, 1.807) is 30.4 Å². The summed E-state index contributed by atoms with van der Waals surface area (Å²) in [6.45, 7) is 4.02. The summed E-state index contributed by atoms with van der Waals surface area (Å²) in [6, 6.07) is 6.34. The Kier molecular flexibility index (Phi) is 6.07. The lowest BCUT2D eigenvalue weighted by Crippen LogP contribution is -2.38. The summed E-state index contributed by atoms with van der Waals surface area (Å²) in [7, 11) is 0. The molecule has 0 saturated heterocycles. The first-order valence-electron chi connectivity index (χ1n) is 9.76. The van der Waals surface area contributed by atoms with Crippen LogP contribution in [-0.2, 0) is 19.5 Å². The fourth-order valence-corrected chi connectivity index (χ4v) is 4.93. The quantitative estimate of drug-likeness (QED) is 0.419. The Morgan fingerprint density at radius 1 is 1.35 bits per heavy atom. The van der Waals surface area contributed by atoms with E-state index < -0.39 is 10.5 Å². The standard InChI is InChI=1S/C20H21ClFN5O3S/c1-20(28,12-26-11-17(27(29)30)24-19(26)21)7-9-25-8-6-15-16(10-25)31-18(23-15)13-2-4-14(22)5-3-13/h2-5,11,28H,6-10,12H2,1H3. The van der Waals surface area contributed by atoms with Crippen LogP contribution in [0.5, 0.6) is 0 Å². The van der Waals surface area contributed by atoms with E-state index in [0.717, 1.165) is 35.8 Å². The number of imidazole rings is 1. The number of hydrogen-bond donors (Lipinski definition) is 1. The van der Waals surface area contributed by atoms with Crippen molar-refractivity contribution < 1.29 is 14.4 Å². The highest BCUT2D eigenvalue weighted by molar-refractivity contribution is 7.15. The number of hydrogen-bond acceptors (Lipinski definition) is 7. The van der Waals surface area contributed by atoms with Gasteiger partial charge in [-0.3, -0.25) is 9.47 Å². The zero-order valence-corrected chi connectivity index (χ0v) is 18.4. The molecule has 0 bridgehead atoms. The van der Waals surface area contributed by atoms with Crippen LogP contribution in [0.3, 0.4) is 0 Å². The molecule has 11 heteroatoms. The predicted octanol–water partition coefficient (Wildman–Crippen LogP) is 3.91. The van der Waals surface area contributed by atoms with Gasteiger partial charge in [-0.1, -0.05) is 0 Å². The van der Waals surface area contributed by atoms with Crippen molar-refractivity contribution in [3.05, 3.63) is 62.2 Å². The lowest BCUT2D eigenvalue weighted by atomic mass is 10.0. The summed E-state index contributed by atoms with van der Waals surface area (Å²) in [5, 5.41) is 22.5. The first kappa shape index (κ1) is 21.8. The molecule has 0 spiro atoms. The molecular weight excluding hydrogens is 445 g/mol. The summed E-state index contributed by atoms with van der Waals surface area (Å²) >= 11 is 7.57. The summed E-state index contributed by atoms with van der Waals surface area (Å²) in [4.78, 5) is 22.1. The highest BCUT2D eigenvalue weighted by Crippen LogP contribution is 2.32. The van der Waals surface area contributed by atoms with Crippen molar-refractivity contribution in [2.24, 2.45) is 0 Å². The largest absolute Gasteiger partial charge is 0.388 e. The molecule has 1 aliphatic rings. The minimum absolute atomic E-state index is 0.0208. The molecule has 4 rings (SSSR count). The Labute approximate surface area is 187 Å². The lowest BCUT2D eigenvalue weighted by Gasteiger charge is -2.30. The van der Waals surface area contributed by atoms with Crippen LogP contribution in [0.1, 0.15) is 23.9 Å². The fraction of sp³-hybridized carbons (Fsp3) is 0.400. The van der Waals surface area contributed by atoms with Gasteiger partial charge in [-0.25, -0.2) is 9.37 Å². The van der Waals surface area contributed by atoms with Gasteiger partial charge in [0.2, 0.25) is 0 Å².